The lowest BCUT2D eigenvalue weighted by atomic mass is 9.84. The van der Waals surface area contributed by atoms with Gasteiger partial charge in [0.05, 0.1) is 6.26 Å². The molecule has 0 spiro atoms. The third-order valence-corrected chi connectivity index (χ3v) is 2.39. The first-order chi connectivity index (χ1) is 6.00. The van der Waals surface area contributed by atoms with Gasteiger partial charge in [-0.05, 0) is 24.0 Å². The molecule has 0 fully saturated rings. The second-order valence-corrected chi connectivity index (χ2v) is 4.59. The summed E-state index contributed by atoms with van der Waals surface area (Å²) in [5.41, 5.74) is 6.21. The highest BCUT2D eigenvalue weighted by Crippen LogP contribution is 2.21. The molecule has 1 aromatic heterocycles. The van der Waals surface area contributed by atoms with Crippen molar-refractivity contribution in [3.63, 3.8) is 0 Å². The fourth-order valence-electron chi connectivity index (χ4n) is 1.19. The summed E-state index contributed by atoms with van der Waals surface area (Å²) in [5.74, 6) is 1.03. The molecular formula is C11H19NO. The van der Waals surface area contributed by atoms with E-state index in [1.165, 1.54) is 0 Å². The van der Waals surface area contributed by atoms with Crippen LogP contribution in [0.3, 0.4) is 0 Å². The zero-order chi connectivity index (χ0) is 9.90. The molecule has 0 aliphatic rings. The Morgan fingerprint density at radius 3 is 2.62 bits per heavy atom. The predicted molar refractivity (Wildman–Crippen MR) is 54.5 cm³/mol. The topological polar surface area (TPSA) is 39.2 Å². The molecule has 1 aromatic rings. The molecule has 1 heterocycles. The van der Waals surface area contributed by atoms with Crippen molar-refractivity contribution in [3.05, 3.63) is 24.2 Å². The van der Waals surface area contributed by atoms with E-state index in [2.05, 4.69) is 20.8 Å². The Kier molecular flexibility index (Phi) is 3.15. The molecule has 0 bridgehead atoms. The van der Waals surface area contributed by atoms with Crippen molar-refractivity contribution in [1.82, 2.24) is 0 Å². The second-order valence-electron chi connectivity index (χ2n) is 4.59. The first-order valence-electron chi connectivity index (χ1n) is 4.78. The van der Waals surface area contributed by atoms with Crippen LogP contribution in [0, 0.1) is 5.41 Å². The molecule has 2 N–H and O–H groups in total. The van der Waals surface area contributed by atoms with E-state index in [0.717, 1.165) is 18.6 Å². The van der Waals surface area contributed by atoms with Crippen LogP contribution >= 0.6 is 0 Å². The third kappa shape index (κ3) is 3.23. The van der Waals surface area contributed by atoms with E-state index in [4.69, 9.17) is 10.2 Å². The van der Waals surface area contributed by atoms with E-state index in [1.807, 2.05) is 12.1 Å². The fourth-order valence-corrected chi connectivity index (χ4v) is 1.19. The summed E-state index contributed by atoms with van der Waals surface area (Å²) < 4.78 is 5.24. The number of aryl methyl sites for hydroxylation is 1. The van der Waals surface area contributed by atoms with Gasteiger partial charge in [0.15, 0.2) is 0 Å². The largest absolute Gasteiger partial charge is 0.469 e. The lowest BCUT2D eigenvalue weighted by molar-refractivity contribution is 0.300. The Morgan fingerprint density at radius 2 is 2.15 bits per heavy atom. The van der Waals surface area contributed by atoms with E-state index in [0.29, 0.717) is 0 Å². The monoisotopic (exact) mass is 181 g/mol. The first-order valence-corrected chi connectivity index (χ1v) is 4.78. The highest BCUT2D eigenvalue weighted by Gasteiger charge is 2.20. The SMILES string of the molecule is CC(C)(C)C(N)CCc1ccco1. The van der Waals surface area contributed by atoms with Crippen molar-refractivity contribution in [2.24, 2.45) is 11.1 Å². The Morgan fingerprint density at radius 1 is 1.46 bits per heavy atom. The van der Waals surface area contributed by atoms with Gasteiger partial charge in [-0.2, -0.15) is 0 Å². The van der Waals surface area contributed by atoms with Crippen molar-refractivity contribution in [1.29, 1.82) is 0 Å². The Balaban J connectivity index is 2.35. The van der Waals surface area contributed by atoms with Gasteiger partial charge < -0.3 is 10.2 Å². The van der Waals surface area contributed by atoms with Gasteiger partial charge in [0.25, 0.3) is 0 Å². The van der Waals surface area contributed by atoms with Crippen LogP contribution in [-0.2, 0) is 6.42 Å². The smallest absolute Gasteiger partial charge is 0.103 e. The van der Waals surface area contributed by atoms with Crippen molar-refractivity contribution in [2.45, 2.75) is 39.7 Å². The van der Waals surface area contributed by atoms with Crippen LogP contribution in [0.25, 0.3) is 0 Å². The van der Waals surface area contributed by atoms with Gasteiger partial charge in [0.2, 0.25) is 0 Å². The van der Waals surface area contributed by atoms with Crippen LogP contribution in [0.4, 0.5) is 0 Å². The molecule has 1 rings (SSSR count). The molecule has 0 aliphatic carbocycles. The van der Waals surface area contributed by atoms with Crippen LogP contribution in [0.1, 0.15) is 33.0 Å². The van der Waals surface area contributed by atoms with Crippen LogP contribution in [-0.4, -0.2) is 6.04 Å². The quantitative estimate of drug-likeness (QED) is 0.778. The predicted octanol–water partition coefficient (Wildman–Crippen LogP) is 2.59. The van der Waals surface area contributed by atoms with Gasteiger partial charge in [0.1, 0.15) is 5.76 Å². The molecule has 13 heavy (non-hydrogen) atoms. The van der Waals surface area contributed by atoms with E-state index < -0.39 is 0 Å². The van der Waals surface area contributed by atoms with Crippen LogP contribution in [0.2, 0.25) is 0 Å². The summed E-state index contributed by atoms with van der Waals surface area (Å²) in [4.78, 5) is 0. The maximum Gasteiger partial charge on any atom is 0.103 e. The molecule has 1 unspecified atom stereocenters. The van der Waals surface area contributed by atoms with Crippen molar-refractivity contribution >= 4 is 0 Å². The highest BCUT2D eigenvalue weighted by atomic mass is 16.3. The number of hydrogen-bond donors (Lipinski definition) is 1. The van der Waals surface area contributed by atoms with E-state index in [-0.39, 0.29) is 11.5 Å². The first kappa shape index (κ1) is 10.3. The molecule has 0 radical (unpaired) electrons. The van der Waals surface area contributed by atoms with E-state index in [1.54, 1.807) is 6.26 Å². The molecule has 2 heteroatoms. The molecule has 0 saturated heterocycles. The number of rotatable bonds is 3. The highest BCUT2D eigenvalue weighted by molar-refractivity contribution is 4.98. The fraction of sp³-hybridized carbons (Fsp3) is 0.636. The standard InChI is InChI=1S/C11H19NO/c1-11(2,3)10(12)7-6-9-5-4-8-13-9/h4-5,8,10H,6-7,12H2,1-3H3. The second kappa shape index (κ2) is 3.97. The molecule has 0 aliphatic heterocycles. The molecule has 0 aromatic carbocycles. The Hall–Kier alpha value is -0.760. The molecule has 0 saturated carbocycles. The van der Waals surface area contributed by atoms with Gasteiger partial charge >= 0.3 is 0 Å². The van der Waals surface area contributed by atoms with Gasteiger partial charge in [-0.15, -0.1) is 0 Å². The maximum atomic E-state index is 6.03. The maximum absolute atomic E-state index is 6.03. The summed E-state index contributed by atoms with van der Waals surface area (Å²) in [6.07, 6.45) is 3.63. The Bertz CT molecular complexity index is 233. The molecule has 74 valence electrons. The van der Waals surface area contributed by atoms with Gasteiger partial charge in [-0.3, -0.25) is 0 Å². The zero-order valence-electron chi connectivity index (χ0n) is 8.71. The number of nitrogens with two attached hydrogens (primary N) is 1. The molecular weight excluding hydrogens is 162 g/mol. The summed E-state index contributed by atoms with van der Waals surface area (Å²) >= 11 is 0. The van der Waals surface area contributed by atoms with Gasteiger partial charge in [-0.25, -0.2) is 0 Å². The van der Waals surface area contributed by atoms with Crippen molar-refractivity contribution in [2.75, 3.05) is 0 Å². The minimum absolute atomic E-state index is 0.187. The van der Waals surface area contributed by atoms with Gasteiger partial charge in [-0.1, -0.05) is 20.8 Å². The molecule has 1 atom stereocenters. The normalized spacial score (nSPS) is 14.5. The van der Waals surface area contributed by atoms with E-state index in [9.17, 15) is 0 Å². The summed E-state index contributed by atoms with van der Waals surface area (Å²) in [5, 5.41) is 0. The van der Waals surface area contributed by atoms with Crippen LogP contribution in [0.5, 0.6) is 0 Å². The van der Waals surface area contributed by atoms with Crippen LogP contribution < -0.4 is 5.73 Å². The molecule has 0 amide bonds. The molecule has 2 nitrogen and oxygen atoms in total. The van der Waals surface area contributed by atoms with Crippen LogP contribution in [0.15, 0.2) is 22.8 Å². The number of hydrogen-bond acceptors (Lipinski definition) is 2. The Labute approximate surface area is 80.1 Å². The summed E-state index contributed by atoms with van der Waals surface area (Å²) in [6.45, 7) is 6.50. The summed E-state index contributed by atoms with van der Waals surface area (Å²) in [6, 6.07) is 4.14. The minimum atomic E-state index is 0.187. The average Bonchev–Trinajstić information content (AvgIpc) is 2.50. The van der Waals surface area contributed by atoms with Crippen molar-refractivity contribution in [3.8, 4) is 0 Å². The lowest BCUT2D eigenvalue weighted by Gasteiger charge is -2.26. The summed E-state index contributed by atoms with van der Waals surface area (Å²) in [7, 11) is 0. The minimum Gasteiger partial charge on any atom is -0.469 e. The zero-order valence-corrected chi connectivity index (χ0v) is 8.71. The van der Waals surface area contributed by atoms with Crippen molar-refractivity contribution < 1.29 is 4.42 Å². The van der Waals surface area contributed by atoms with Gasteiger partial charge in [0, 0.05) is 12.5 Å². The van der Waals surface area contributed by atoms with E-state index >= 15 is 0 Å². The lowest BCUT2D eigenvalue weighted by Crippen LogP contribution is -2.35. The third-order valence-electron chi connectivity index (χ3n) is 2.39. The number of furan rings is 1. The average molecular weight is 181 g/mol.